The summed E-state index contributed by atoms with van der Waals surface area (Å²) in [7, 11) is 0. The lowest BCUT2D eigenvalue weighted by Gasteiger charge is -2.16. The van der Waals surface area contributed by atoms with Crippen LogP contribution in [0.25, 0.3) is 11.0 Å². The number of rotatable bonds is 10. The number of carbonyl (C=O) groups excluding carboxylic acids is 1. The van der Waals surface area contributed by atoms with Crippen molar-refractivity contribution >= 4 is 16.9 Å². The molecule has 1 amide bonds. The Morgan fingerprint density at radius 3 is 2.63 bits per heavy atom. The smallest absolute Gasteiger partial charge is 0.243 e. The maximum atomic E-state index is 11.7. The molecule has 158 valence electrons. The number of para-hydroxylation sites is 2. The van der Waals surface area contributed by atoms with Gasteiger partial charge in [-0.15, -0.1) is 0 Å². The van der Waals surface area contributed by atoms with Crippen molar-refractivity contribution in [2.24, 2.45) is 0 Å². The zero-order chi connectivity index (χ0) is 21.5. The van der Waals surface area contributed by atoms with Gasteiger partial charge in [0.1, 0.15) is 11.6 Å². The fraction of sp³-hybridized carbons (Fsp3) is 0.360. The largest absolute Gasteiger partial charge is 0.494 e. The van der Waals surface area contributed by atoms with Crippen LogP contribution < -0.4 is 10.1 Å². The van der Waals surface area contributed by atoms with E-state index < -0.39 is 0 Å². The van der Waals surface area contributed by atoms with E-state index in [1.807, 2.05) is 37.3 Å². The monoisotopic (exact) mass is 405 g/mol. The van der Waals surface area contributed by atoms with Crippen molar-refractivity contribution < 1.29 is 9.53 Å². The summed E-state index contributed by atoms with van der Waals surface area (Å²) in [5, 5.41) is 2.91. The Labute approximate surface area is 178 Å². The maximum absolute atomic E-state index is 11.7. The van der Waals surface area contributed by atoms with Crippen LogP contribution in [0.3, 0.4) is 0 Å². The molecule has 1 heterocycles. The van der Waals surface area contributed by atoms with E-state index in [-0.39, 0.29) is 11.9 Å². The molecule has 0 aliphatic heterocycles. The second-order valence-electron chi connectivity index (χ2n) is 7.63. The Morgan fingerprint density at radius 2 is 1.93 bits per heavy atom. The van der Waals surface area contributed by atoms with Crippen molar-refractivity contribution in [2.75, 3.05) is 6.61 Å². The summed E-state index contributed by atoms with van der Waals surface area (Å²) >= 11 is 0. The minimum atomic E-state index is -0.211. The predicted molar refractivity (Wildman–Crippen MR) is 122 cm³/mol. The maximum Gasteiger partial charge on any atom is 0.243 e. The molecule has 2 aromatic carbocycles. The second kappa shape index (κ2) is 10.1. The average Bonchev–Trinajstić information content (AvgIpc) is 3.15. The first-order valence-electron chi connectivity index (χ1n) is 10.6. The number of nitrogens with one attached hydrogen (secondary N) is 1. The van der Waals surface area contributed by atoms with E-state index in [0.29, 0.717) is 12.5 Å². The molecule has 2 atom stereocenters. The third-order valence-electron chi connectivity index (χ3n) is 5.47. The topological polar surface area (TPSA) is 56.2 Å². The lowest BCUT2D eigenvalue weighted by molar-refractivity contribution is -0.117. The van der Waals surface area contributed by atoms with Crippen molar-refractivity contribution in [2.45, 2.75) is 52.1 Å². The molecule has 1 aromatic heterocycles. The Bertz CT molecular complexity index is 991. The highest BCUT2D eigenvalue weighted by molar-refractivity contribution is 5.87. The van der Waals surface area contributed by atoms with Gasteiger partial charge in [0, 0.05) is 6.54 Å². The number of imidazole rings is 1. The average molecular weight is 406 g/mol. The number of fused-ring (bicyclic) bond motifs is 1. The molecule has 30 heavy (non-hydrogen) atoms. The fourth-order valence-corrected chi connectivity index (χ4v) is 3.54. The first-order valence-corrected chi connectivity index (χ1v) is 10.6. The van der Waals surface area contributed by atoms with Crippen molar-refractivity contribution in [1.82, 2.24) is 14.9 Å². The Balaban J connectivity index is 1.65. The zero-order valence-electron chi connectivity index (χ0n) is 18.1. The van der Waals surface area contributed by atoms with E-state index in [2.05, 4.69) is 48.5 Å². The van der Waals surface area contributed by atoms with Crippen LogP contribution in [-0.2, 0) is 11.3 Å². The number of aryl methyl sites for hydroxylation is 1. The van der Waals surface area contributed by atoms with Crippen molar-refractivity contribution in [1.29, 1.82) is 0 Å². The molecule has 5 heteroatoms. The molecule has 0 saturated carbocycles. The first-order chi connectivity index (χ1) is 14.5. The van der Waals surface area contributed by atoms with Gasteiger partial charge in [-0.05, 0) is 61.6 Å². The van der Waals surface area contributed by atoms with Gasteiger partial charge in [0.25, 0.3) is 0 Å². The van der Waals surface area contributed by atoms with E-state index in [1.165, 1.54) is 11.6 Å². The molecule has 3 rings (SSSR count). The van der Waals surface area contributed by atoms with E-state index in [4.69, 9.17) is 9.72 Å². The number of carbonyl (C=O) groups is 1. The normalized spacial score (nSPS) is 13.0. The van der Waals surface area contributed by atoms with Gasteiger partial charge in [-0.1, -0.05) is 44.7 Å². The van der Waals surface area contributed by atoms with Crippen LogP contribution in [-0.4, -0.2) is 22.1 Å². The first kappa shape index (κ1) is 21.6. The van der Waals surface area contributed by atoms with Gasteiger partial charge in [0.15, 0.2) is 0 Å². The summed E-state index contributed by atoms with van der Waals surface area (Å²) in [6.45, 7) is 11.3. The number of hydrogen-bond acceptors (Lipinski definition) is 3. The lowest BCUT2D eigenvalue weighted by Crippen LogP contribution is -2.27. The van der Waals surface area contributed by atoms with Crippen LogP contribution in [0.5, 0.6) is 5.75 Å². The van der Waals surface area contributed by atoms with Crippen molar-refractivity contribution in [3.8, 4) is 5.75 Å². The highest BCUT2D eigenvalue weighted by Crippen LogP contribution is 2.23. The third kappa shape index (κ3) is 5.09. The Morgan fingerprint density at radius 1 is 1.20 bits per heavy atom. The highest BCUT2D eigenvalue weighted by atomic mass is 16.5. The molecule has 0 spiro atoms. The van der Waals surface area contributed by atoms with E-state index in [1.54, 1.807) is 0 Å². The number of benzene rings is 2. The third-order valence-corrected chi connectivity index (χ3v) is 5.47. The van der Waals surface area contributed by atoms with E-state index in [9.17, 15) is 4.79 Å². The van der Waals surface area contributed by atoms with Gasteiger partial charge in [0.05, 0.1) is 23.7 Å². The van der Waals surface area contributed by atoms with Crippen LogP contribution in [0.2, 0.25) is 0 Å². The number of aromatic nitrogens is 2. The summed E-state index contributed by atoms with van der Waals surface area (Å²) in [5.74, 6) is 2.09. The molecule has 0 fully saturated rings. The van der Waals surface area contributed by atoms with Gasteiger partial charge in [-0.2, -0.15) is 0 Å². The van der Waals surface area contributed by atoms with Crippen LogP contribution >= 0.6 is 0 Å². The highest BCUT2D eigenvalue weighted by Gasteiger charge is 2.17. The number of nitrogens with zero attached hydrogens (tertiary/aromatic N) is 2. The summed E-state index contributed by atoms with van der Waals surface area (Å²) in [5.41, 5.74) is 3.33. The molecule has 0 saturated heterocycles. The van der Waals surface area contributed by atoms with Gasteiger partial charge >= 0.3 is 0 Å². The zero-order valence-corrected chi connectivity index (χ0v) is 18.1. The molecular formula is C25H31N3O2. The molecule has 0 aliphatic rings. The molecule has 0 aliphatic carbocycles. The van der Waals surface area contributed by atoms with E-state index >= 15 is 0 Å². The lowest BCUT2D eigenvalue weighted by atomic mass is 9.99. The molecule has 0 radical (unpaired) electrons. The summed E-state index contributed by atoms with van der Waals surface area (Å²) in [4.78, 5) is 16.5. The quantitative estimate of drug-likeness (QED) is 0.364. The molecule has 2 unspecified atom stereocenters. The number of amides is 1. The van der Waals surface area contributed by atoms with Crippen molar-refractivity contribution in [3.05, 3.63) is 72.6 Å². The van der Waals surface area contributed by atoms with Crippen molar-refractivity contribution in [3.63, 3.8) is 0 Å². The summed E-state index contributed by atoms with van der Waals surface area (Å²) < 4.78 is 8.12. The summed E-state index contributed by atoms with van der Waals surface area (Å²) in [6, 6.07) is 16.2. The Hall–Kier alpha value is -3.08. The number of ether oxygens (including phenoxy) is 1. The molecule has 5 nitrogen and oxygen atoms in total. The minimum absolute atomic E-state index is 0.203. The minimum Gasteiger partial charge on any atom is -0.494 e. The molecule has 3 aromatic rings. The summed E-state index contributed by atoms with van der Waals surface area (Å²) in [6.07, 6.45) is 3.25. The van der Waals surface area contributed by atoms with Crippen LogP contribution in [0.15, 0.2) is 61.2 Å². The number of hydrogen-bond donors (Lipinski definition) is 1. The van der Waals surface area contributed by atoms with Gasteiger partial charge in [0.2, 0.25) is 5.91 Å². The second-order valence-corrected chi connectivity index (χ2v) is 7.63. The fourth-order valence-electron chi connectivity index (χ4n) is 3.54. The predicted octanol–water partition coefficient (Wildman–Crippen LogP) is 5.38. The molecule has 1 N–H and O–H groups in total. The van der Waals surface area contributed by atoms with Gasteiger partial charge in [-0.3, -0.25) is 4.79 Å². The van der Waals surface area contributed by atoms with Crippen LogP contribution in [0.4, 0.5) is 0 Å². The van der Waals surface area contributed by atoms with Gasteiger partial charge in [-0.25, -0.2) is 4.98 Å². The molecule has 0 bridgehead atoms. The van der Waals surface area contributed by atoms with Gasteiger partial charge < -0.3 is 14.6 Å². The van der Waals surface area contributed by atoms with Crippen LogP contribution in [0.1, 0.15) is 57.0 Å². The standard InChI is InChI=1S/C25H31N3O2/c1-5-18(3)20-12-14-21(15-13-20)30-17-9-16-28-23-11-8-7-10-22(23)27-25(28)19(4)26-24(29)6-2/h6-8,10-15,18-19H,2,5,9,16-17H2,1,3-4H3,(H,26,29). The Kier molecular flexibility index (Phi) is 7.28. The SMILES string of the molecule is C=CC(=O)NC(C)c1nc2ccccc2n1CCCOc1ccc(C(C)CC)cc1. The van der Waals surface area contributed by atoms with Crippen LogP contribution in [0, 0.1) is 0 Å². The van der Waals surface area contributed by atoms with E-state index in [0.717, 1.165) is 42.0 Å². The molecular weight excluding hydrogens is 374 g/mol.